The molecule has 1 rings (SSSR count). The molecule has 2 nitrogen and oxygen atoms in total. The molecule has 2 unspecified atom stereocenters. The lowest BCUT2D eigenvalue weighted by atomic mass is 9.96. The smallest absolute Gasteiger partial charge is 0.371 e. The normalized spacial score (nSPS) is 23.1. The van der Waals surface area contributed by atoms with Crippen LogP contribution in [0, 0.1) is 0 Å². The summed E-state index contributed by atoms with van der Waals surface area (Å²) in [5, 5.41) is 0. The van der Waals surface area contributed by atoms with E-state index >= 15 is 0 Å². The van der Waals surface area contributed by atoms with Gasteiger partial charge in [0.05, 0.1) is 13.2 Å². The molecule has 2 atom stereocenters. The number of halogens is 13. The lowest BCUT2D eigenvalue weighted by Crippen LogP contribution is -2.71. The molecule has 1 aliphatic heterocycles. The Morgan fingerprint density at radius 3 is 1.38 bits per heavy atom. The number of hydrogen-bond donors (Lipinski definition) is 0. The highest BCUT2D eigenvalue weighted by Crippen LogP contribution is 2.60. The Labute approximate surface area is 123 Å². The molecule has 0 spiro atoms. The fourth-order valence-corrected chi connectivity index (χ4v) is 1.30. The van der Waals surface area contributed by atoms with Gasteiger partial charge in [0.2, 0.25) is 0 Å². The van der Waals surface area contributed by atoms with Crippen LogP contribution in [-0.4, -0.2) is 55.3 Å². The van der Waals surface area contributed by atoms with Crippen molar-refractivity contribution in [1.29, 1.82) is 0 Å². The lowest BCUT2D eigenvalue weighted by molar-refractivity contribution is -0.472. The average Bonchev–Trinajstić information content (AvgIpc) is 3.16. The molecule has 0 aromatic heterocycles. The molecule has 1 fully saturated rings. The Kier molecular flexibility index (Phi) is 4.83. The van der Waals surface area contributed by atoms with Crippen molar-refractivity contribution in [2.24, 2.45) is 0 Å². The van der Waals surface area contributed by atoms with Crippen molar-refractivity contribution in [3.63, 3.8) is 0 Å². The van der Waals surface area contributed by atoms with E-state index in [4.69, 9.17) is 0 Å². The molecule has 0 aromatic carbocycles. The molecule has 144 valence electrons. The standard InChI is InChI=1S/C9H5F13O2/c10-4(11,6(14,15)8(17,18)19)5(12,13)7(16,9(20,21)22)24-2-3-1-23-3/h3H,1-2H2. The second-order valence-corrected chi connectivity index (χ2v) is 4.58. The summed E-state index contributed by atoms with van der Waals surface area (Å²) in [5.74, 6) is -30.0. The average molecular weight is 392 g/mol. The summed E-state index contributed by atoms with van der Waals surface area (Å²) in [7, 11) is 0. The zero-order valence-corrected chi connectivity index (χ0v) is 10.7. The van der Waals surface area contributed by atoms with Crippen LogP contribution in [0.1, 0.15) is 0 Å². The monoisotopic (exact) mass is 392 g/mol. The summed E-state index contributed by atoms with van der Waals surface area (Å²) < 4.78 is 171. The summed E-state index contributed by atoms with van der Waals surface area (Å²) in [5.41, 5.74) is 0. The number of epoxide rings is 1. The molecule has 0 N–H and O–H groups in total. The first kappa shape index (κ1) is 21.1. The van der Waals surface area contributed by atoms with Gasteiger partial charge in [0.1, 0.15) is 6.10 Å². The van der Waals surface area contributed by atoms with Crippen molar-refractivity contribution in [3.8, 4) is 0 Å². The molecular formula is C9H5F13O2. The first-order valence-corrected chi connectivity index (χ1v) is 5.54. The third-order valence-corrected chi connectivity index (χ3v) is 2.78. The van der Waals surface area contributed by atoms with Crippen molar-refractivity contribution in [2.75, 3.05) is 13.2 Å². The maximum absolute atomic E-state index is 13.5. The molecular weight excluding hydrogens is 387 g/mol. The minimum absolute atomic E-state index is 0.450. The third kappa shape index (κ3) is 2.99. The van der Waals surface area contributed by atoms with E-state index in [-0.39, 0.29) is 0 Å². The van der Waals surface area contributed by atoms with Gasteiger partial charge < -0.3 is 9.47 Å². The Balaban J connectivity index is 3.37. The summed E-state index contributed by atoms with van der Waals surface area (Å²) in [6.07, 6.45) is -15.9. The third-order valence-electron chi connectivity index (χ3n) is 2.78. The van der Waals surface area contributed by atoms with Crippen LogP contribution in [0.25, 0.3) is 0 Å². The van der Waals surface area contributed by atoms with E-state index < -0.39 is 55.3 Å². The highest BCUT2D eigenvalue weighted by atomic mass is 19.4. The van der Waals surface area contributed by atoms with Crippen LogP contribution in [0.2, 0.25) is 0 Å². The topological polar surface area (TPSA) is 21.8 Å². The molecule has 0 aromatic rings. The summed E-state index contributed by atoms with van der Waals surface area (Å²) in [4.78, 5) is 0. The van der Waals surface area contributed by atoms with E-state index in [1.54, 1.807) is 0 Å². The molecule has 1 saturated heterocycles. The molecule has 0 saturated carbocycles. The zero-order chi connectivity index (χ0) is 19.4. The maximum Gasteiger partial charge on any atom is 0.460 e. The first-order valence-electron chi connectivity index (χ1n) is 5.54. The van der Waals surface area contributed by atoms with Gasteiger partial charge >= 0.3 is 36.0 Å². The van der Waals surface area contributed by atoms with Crippen LogP contribution in [-0.2, 0) is 9.47 Å². The Bertz CT molecular complexity index is 463. The lowest BCUT2D eigenvalue weighted by Gasteiger charge is -2.40. The van der Waals surface area contributed by atoms with E-state index in [0.29, 0.717) is 0 Å². The van der Waals surface area contributed by atoms with Crippen molar-refractivity contribution >= 4 is 0 Å². The van der Waals surface area contributed by atoms with Gasteiger partial charge in [-0.1, -0.05) is 0 Å². The van der Waals surface area contributed by atoms with Crippen LogP contribution in [0.5, 0.6) is 0 Å². The van der Waals surface area contributed by atoms with E-state index in [9.17, 15) is 57.1 Å². The van der Waals surface area contributed by atoms with Gasteiger partial charge in [-0.3, -0.25) is 0 Å². The predicted molar refractivity (Wildman–Crippen MR) is 46.5 cm³/mol. The van der Waals surface area contributed by atoms with Crippen LogP contribution in [0.15, 0.2) is 0 Å². The van der Waals surface area contributed by atoms with Gasteiger partial charge in [0.15, 0.2) is 0 Å². The van der Waals surface area contributed by atoms with E-state index in [1.807, 2.05) is 0 Å². The van der Waals surface area contributed by atoms with Crippen LogP contribution in [0.3, 0.4) is 0 Å². The van der Waals surface area contributed by atoms with E-state index in [0.717, 1.165) is 0 Å². The largest absolute Gasteiger partial charge is 0.460 e. The molecule has 0 amide bonds. The summed E-state index contributed by atoms with van der Waals surface area (Å²) in [6, 6.07) is 0. The van der Waals surface area contributed by atoms with Crippen LogP contribution < -0.4 is 0 Å². The molecule has 1 aliphatic rings. The van der Waals surface area contributed by atoms with Crippen molar-refractivity contribution in [1.82, 2.24) is 0 Å². The van der Waals surface area contributed by atoms with Crippen LogP contribution in [0.4, 0.5) is 57.1 Å². The van der Waals surface area contributed by atoms with Gasteiger partial charge in [-0.15, -0.1) is 0 Å². The first-order chi connectivity index (χ1) is 10.3. The van der Waals surface area contributed by atoms with Crippen molar-refractivity contribution in [3.05, 3.63) is 0 Å². The van der Waals surface area contributed by atoms with E-state index in [2.05, 4.69) is 9.47 Å². The van der Waals surface area contributed by atoms with Gasteiger partial charge in [-0.25, -0.2) is 0 Å². The Hall–Kier alpha value is -0.990. The molecule has 0 bridgehead atoms. The van der Waals surface area contributed by atoms with Crippen LogP contribution >= 0.6 is 0 Å². The number of hydrogen-bond acceptors (Lipinski definition) is 2. The molecule has 0 radical (unpaired) electrons. The fraction of sp³-hybridized carbons (Fsp3) is 1.00. The number of ether oxygens (including phenoxy) is 2. The Morgan fingerprint density at radius 2 is 1.08 bits per heavy atom. The number of rotatable bonds is 6. The van der Waals surface area contributed by atoms with Crippen molar-refractivity contribution in [2.45, 2.75) is 42.1 Å². The predicted octanol–water partition coefficient (Wildman–Crippen LogP) is 4.10. The highest BCUT2D eigenvalue weighted by molar-refractivity contribution is 5.09. The van der Waals surface area contributed by atoms with Crippen molar-refractivity contribution < 1.29 is 66.5 Å². The quantitative estimate of drug-likeness (QED) is 0.502. The van der Waals surface area contributed by atoms with Gasteiger partial charge in [0.25, 0.3) is 0 Å². The summed E-state index contributed by atoms with van der Waals surface area (Å²) in [6.45, 7) is -2.19. The summed E-state index contributed by atoms with van der Waals surface area (Å²) >= 11 is 0. The molecule has 0 aliphatic carbocycles. The number of alkyl halides is 13. The minimum atomic E-state index is -7.83. The minimum Gasteiger partial charge on any atom is -0.371 e. The second kappa shape index (κ2) is 5.51. The van der Waals surface area contributed by atoms with Gasteiger partial charge in [-0.2, -0.15) is 57.1 Å². The SMILES string of the molecule is FC(F)(F)C(F)(F)C(F)(F)C(F)(F)C(F)(OCC1CO1)C(F)(F)F. The second-order valence-electron chi connectivity index (χ2n) is 4.58. The molecule has 1 heterocycles. The Morgan fingerprint density at radius 1 is 0.667 bits per heavy atom. The maximum atomic E-state index is 13.5. The molecule has 24 heavy (non-hydrogen) atoms. The molecule has 15 heteroatoms. The van der Waals surface area contributed by atoms with Gasteiger partial charge in [0, 0.05) is 0 Å². The van der Waals surface area contributed by atoms with Gasteiger partial charge in [-0.05, 0) is 0 Å². The fourth-order valence-electron chi connectivity index (χ4n) is 1.30. The highest BCUT2D eigenvalue weighted by Gasteiger charge is 2.91. The van der Waals surface area contributed by atoms with E-state index in [1.165, 1.54) is 0 Å². The zero-order valence-electron chi connectivity index (χ0n) is 10.7.